The summed E-state index contributed by atoms with van der Waals surface area (Å²) in [6, 6.07) is 9.65. The molecule has 0 spiro atoms. The minimum Gasteiger partial charge on any atom is -0.506 e. The molecular weight excluding hydrogens is 250 g/mol. The highest BCUT2D eigenvalue weighted by molar-refractivity contribution is 5.57. The van der Waals surface area contributed by atoms with Gasteiger partial charge in [-0.15, -0.1) is 10.2 Å². The van der Waals surface area contributed by atoms with Crippen LogP contribution in [0, 0.1) is 10.1 Å². The van der Waals surface area contributed by atoms with Crippen LogP contribution in [-0.4, -0.2) is 15.1 Å². The number of para-hydroxylation sites is 1. The first-order chi connectivity index (χ1) is 9.08. The molecule has 0 saturated heterocycles. The van der Waals surface area contributed by atoms with Gasteiger partial charge < -0.3 is 10.2 Å². The number of nitro benzene ring substituents is 1. The van der Waals surface area contributed by atoms with E-state index in [0.717, 1.165) is 18.2 Å². The summed E-state index contributed by atoms with van der Waals surface area (Å²) < 4.78 is 0. The van der Waals surface area contributed by atoms with E-state index >= 15 is 0 Å². The molecule has 0 radical (unpaired) electrons. The van der Waals surface area contributed by atoms with Gasteiger partial charge in [0.1, 0.15) is 22.9 Å². The van der Waals surface area contributed by atoms with Crippen molar-refractivity contribution in [3.63, 3.8) is 0 Å². The monoisotopic (exact) mass is 259 g/mol. The molecule has 2 aromatic carbocycles. The summed E-state index contributed by atoms with van der Waals surface area (Å²) in [5, 5.41) is 37.0. The van der Waals surface area contributed by atoms with Gasteiger partial charge in [0, 0.05) is 12.1 Å². The summed E-state index contributed by atoms with van der Waals surface area (Å²) in [6.07, 6.45) is 0. The molecule has 7 nitrogen and oxygen atoms in total. The van der Waals surface area contributed by atoms with Crippen molar-refractivity contribution in [2.45, 2.75) is 0 Å². The van der Waals surface area contributed by atoms with Crippen LogP contribution in [0.5, 0.6) is 11.5 Å². The number of azo groups is 1. The Kier molecular flexibility index (Phi) is 3.37. The molecule has 19 heavy (non-hydrogen) atoms. The number of phenolic OH excluding ortho intramolecular Hbond substituents is 2. The number of nitrogens with zero attached hydrogens (tertiary/aromatic N) is 3. The largest absolute Gasteiger partial charge is 0.506 e. The van der Waals surface area contributed by atoms with Crippen molar-refractivity contribution in [2.24, 2.45) is 10.2 Å². The van der Waals surface area contributed by atoms with Crippen molar-refractivity contribution in [3.05, 3.63) is 52.6 Å². The maximum Gasteiger partial charge on any atom is 0.271 e. The molecule has 0 bridgehead atoms. The van der Waals surface area contributed by atoms with E-state index in [-0.39, 0.29) is 28.6 Å². The Morgan fingerprint density at radius 3 is 2.26 bits per heavy atom. The summed E-state index contributed by atoms with van der Waals surface area (Å²) in [5.74, 6) is -0.305. The Morgan fingerprint density at radius 1 is 0.947 bits per heavy atom. The van der Waals surface area contributed by atoms with Crippen molar-refractivity contribution in [1.29, 1.82) is 0 Å². The van der Waals surface area contributed by atoms with Gasteiger partial charge in [-0.2, -0.15) is 0 Å². The summed E-state index contributed by atoms with van der Waals surface area (Å²) >= 11 is 0. The maximum atomic E-state index is 10.6. The summed E-state index contributed by atoms with van der Waals surface area (Å²) in [6.45, 7) is 0. The molecule has 2 aromatic rings. The van der Waals surface area contributed by atoms with Gasteiger partial charge in [-0.1, -0.05) is 12.1 Å². The number of aromatic hydroxyl groups is 2. The Morgan fingerprint density at radius 2 is 1.58 bits per heavy atom. The predicted molar refractivity (Wildman–Crippen MR) is 67.0 cm³/mol. The van der Waals surface area contributed by atoms with Gasteiger partial charge in [0.25, 0.3) is 5.69 Å². The second kappa shape index (κ2) is 5.13. The molecule has 0 fully saturated rings. The number of nitro groups is 1. The van der Waals surface area contributed by atoms with Crippen molar-refractivity contribution in [1.82, 2.24) is 0 Å². The Hall–Kier alpha value is -2.96. The van der Waals surface area contributed by atoms with Crippen LogP contribution in [-0.2, 0) is 0 Å². The van der Waals surface area contributed by atoms with Gasteiger partial charge in [-0.3, -0.25) is 10.1 Å². The predicted octanol–water partition coefficient (Wildman–Crippen LogP) is 3.42. The van der Waals surface area contributed by atoms with Crippen LogP contribution in [0.3, 0.4) is 0 Å². The maximum absolute atomic E-state index is 10.6. The lowest BCUT2D eigenvalue weighted by Gasteiger charge is -1.99. The first-order valence-corrected chi connectivity index (χ1v) is 5.25. The summed E-state index contributed by atoms with van der Waals surface area (Å²) in [4.78, 5) is 10.0. The van der Waals surface area contributed by atoms with Crippen LogP contribution in [0.4, 0.5) is 17.1 Å². The lowest BCUT2D eigenvalue weighted by atomic mass is 10.2. The van der Waals surface area contributed by atoms with E-state index in [4.69, 9.17) is 0 Å². The second-order valence-corrected chi connectivity index (χ2v) is 3.62. The topological polar surface area (TPSA) is 108 Å². The molecule has 0 atom stereocenters. The molecular formula is C12H9N3O4. The molecule has 0 aliphatic heterocycles. The van der Waals surface area contributed by atoms with Crippen LogP contribution in [0.1, 0.15) is 0 Å². The van der Waals surface area contributed by atoms with Crippen LogP contribution in [0.2, 0.25) is 0 Å². The van der Waals surface area contributed by atoms with Crippen LogP contribution >= 0.6 is 0 Å². The van der Waals surface area contributed by atoms with E-state index in [1.54, 1.807) is 12.1 Å². The molecule has 0 amide bonds. The van der Waals surface area contributed by atoms with Gasteiger partial charge in [-0.25, -0.2) is 0 Å². The number of rotatable bonds is 3. The summed E-state index contributed by atoms with van der Waals surface area (Å²) in [5.41, 5.74) is -0.0464. The molecule has 0 saturated carbocycles. The minimum absolute atomic E-state index is 0.0440. The molecule has 2 N–H and O–H groups in total. The van der Waals surface area contributed by atoms with E-state index in [2.05, 4.69) is 10.2 Å². The normalized spacial score (nSPS) is 10.7. The van der Waals surface area contributed by atoms with E-state index in [1.165, 1.54) is 12.1 Å². The van der Waals surface area contributed by atoms with Gasteiger partial charge in [0.15, 0.2) is 0 Å². The molecule has 0 unspecified atom stereocenters. The molecule has 2 rings (SSSR count). The number of non-ortho nitro benzene ring substituents is 1. The standard InChI is InChI=1S/C12H9N3O4/c16-11-4-2-1-3-9(11)13-14-10-7-8(15(18)19)5-6-12(10)17/h1-7,16-17H. The van der Waals surface area contributed by atoms with Crippen LogP contribution < -0.4 is 0 Å². The molecule has 7 heteroatoms. The van der Waals surface area contributed by atoms with Crippen LogP contribution in [0.25, 0.3) is 0 Å². The number of hydrogen-bond acceptors (Lipinski definition) is 6. The van der Waals surface area contributed by atoms with Gasteiger partial charge in [0.2, 0.25) is 0 Å². The zero-order valence-electron chi connectivity index (χ0n) is 9.59. The van der Waals surface area contributed by atoms with E-state index < -0.39 is 4.92 Å². The SMILES string of the molecule is O=[N+]([O-])c1ccc(O)c(N=Nc2ccccc2O)c1. The highest BCUT2D eigenvalue weighted by atomic mass is 16.6. The van der Waals surface area contributed by atoms with E-state index in [0.29, 0.717) is 0 Å². The van der Waals surface area contributed by atoms with Gasteiger partial charge in [-0.05, 0) is 18.2 Å². The number of benzene rings is 2. The third-order valence-corrected chi connectivity index (χ3v) is 2.32. The fourth-order valence-electron chi connectivity index (χ4n) is 1.36. The molecule has 96 valence electrons. The molecule has 0 aromatic heterocycles. The van der Waals surface area contributed by atoms with E-state index in [1.807, 2.05) is 0 Å². The molecule has 0 aliphatic carbocycles. The summed E-state index contributed by atoms with van der Waals surface area (Å²) in [7, 11) is 0. The van der Waals surface area contributed by atoms with Crippen molar-refractivity contribution >= 4 is 17.1 Å². The Bertz CT molecular complexity index is 655. The second-order valence-electron chi connectivity index (χ2n) is 3.62. The van der Waals surface area contributed by atoms with Crippen molar-refractivity contribution in [2.75, 3.05) is 0 Å². The Labute approximate surface area is 107 Å². The highest BCUT2D eigenvalue weighted by Gasteiger charge is 2.10. The minimum atomic E-state index is -0.599. The first kappa shape index (κ1) is 12.5. The fourth-order valence-corrected chi connectivity index (χ4v) is 1.36. The van der Waals surface area contributed by atoms with Crippen LogP contribution in [0.15, 0.2) is 52.7 Å². The zero-order valence-corrected chi connectivity index (χ0v) is 9.59. The quantitative estimate of drug-likeness (QED) is 0.500. The average Bonchev–Trinajstić information content (AvgIpc) is 2.39. The molecule has 0 heterocycles. The van der Waals surface area contributed by atoms with Crippen molar-refractivity contribution < 1.29 is 15.1 Å². The van der Waals surface area contributed by atoms with Crippen molar-refractivity contribution in [3.8, 4) is 11.5 Å². The average molecular weight is 259 g/mol. The third-order valence-electron chi connectivity index (χ3n) is 2.32. The van der Waals surface area contributed by atoms with Gasteiger partial charge in [0.05, 0.1) is 4.92 Å². The number of phenols is 2. The fraction of sp³-hybridized carbons (Fsp3) is 0. The number of hydrogen-bond donors (Lipinski definition) is 2. The third kappa shape index (κ3) is 2.83. The zero-order chi connectivity index (χ0) is 13.8. The lowest BCUT2D eigenvalue weighted by Crippen LogP contribution is -1.86. The molecule has 0 aliphatic rings. The van der Waals surface area contributed by atoms with Gasteiger partial charge >= 0.3 is 0 Å². The smallest absolute Gasteiger partial charge is 0.271 e. The highest BCUT2D eigenvalue weighted by Crippen LogP contribution is 2.33. The van der Waals surface area contributed by atoms with E-state index in [9.17, 15) is 20.3 Å². The lowest BCUT2D eigenvalue weighted by molar-refractivity contribution is -0.384. The Balaban J connectivity index is 2.35. The first-order valence-electron chi connectivity index (χ1n) is 5.25.